The van der Waals surface area contributed by atoms with Crippen LogP contribution in [0.2, 0.25) is 0 Å². The molecule has 2 N–H and O–H groups in total. The molecule has 0 bridgehead atoms. The maximum Gasteiger partial charge on any atom is 0.181 e. The Morgan fingerprint density at radius 3 is 2.32 bits per heavy atom. The Hall–Kier alpha value is -0.910. The second-order valence-corrected chi connectivity index (χ2v) is 8.42. The SMILES string of the molecule is CCC(CO)NC(C)c1ccc(S(=O)(=O)C2CCCC2)cc1. The first kappa shape index (κ1) is 17.4. The fraction of sp³-hybridized carbons (Fsp3) is 0.647. The summed E-state index contributed by atoms with van der Waals surface area (Å²) in [5.41, 5.74) is 1.04. The van der Waals surface area contributed by atoms with Crippen LogP contribution in [0.15, 0.2) is 29.2 Å². The first-order valence-corrected chi connectivity index (χ1v) is 9.74. The molecule has 1 aliphatic carbocycles. The van der Waals surface area contributed by atoms with Crippen LogP contribution in [-0.2, 0) is 9.84 Å². The van der Waals surface area contributed by atoms with E-state index in [1.54, 1.807) is 12.1 Å². The van der Waals surface area contributed by atoms with Gasteiger partial charge in [-0.3, -0.25) is 0 Å². The van der Waals surface area contributed by atoms with Gasteiger partial charge in [-0.1, -0.05) is 31.9 Å². The molecule has 0 aromatic heterocycles. The Kier molecular flexibility index (Phi) is 6.01. The predicted molar refractivity (Wildman–Crippen MR) is 88.6 cm³/mol. The number of hydrogen-bond donors (Lipinski definition) is 2. The molecule has 2 rings (SSSR count). The van der Waals surface area contributed by atoms with Crippen molar-refractivity contribution in [2.24, 2.45) is 0 Å². The van der Waals surface area contributed by atoms with Crippen molar-refractivity contribution < 1.29 is 13.5 Å². The number of aliphatic hydroxyl groups is 1. The van der Waals surface area contributed by atoms with E-state index >= 15 is 0 Å². The van der Waals surface area contributed by atoms with Crippen molar-refractivity contribution in [3.63, 3.8) is 0 Å². The fourth-order valence-corrected chi connectivity index (χ4v) is 4.94. The van der Waals surface area contributed by atoms with Gasteiger partial charge < -0.3 is 10.4 Å². The zero-order valence-electron chi connectivity index (χ0n) is 13.5. The molecule has 1 aromatic rings. The summed E-state index contributed by atoms with van der Waals surface area (Å²) in [5, 5.41) is 12.4. The molecule has 0 heterocycles. The molecule has 0 radical (unpaired) electrons. The zero-order chi connectivity index (χ0) is 16.2. The lowest BCUT2D eigenvalue weighted by molar-refractivity contribution is 0.230. The smallest absolute Gasteiger partial charge is 0.181 e. The van der Waals surface area contributed by atoms with Crippen LogP contribution in [0.4, 0.5) is 0 Å². The number of sulfone groups is 1. The number of hydrogen-bond acceptors (Lipinski definition) is 4. The van der Waals surface area contributed by atoms with Crippen LogP contribution < -0.4 is 5.32 Å². The Labute approximate surface area is 133 Å². The van der Waals surface area contributed by atoms with E-state index in [1.165, 1.54) is 0 Å². The van der Waals surface area contributed by atoms with Crippen LogP contribution in [0.1, 0.15) is 57.6 Å². The van der Waals surface area contributed by atoms with Crippen LogP contribution >= 0.6 is 0 Å². The number of benzene rings is 1. The van der Waals surface area contributed by atoms with Crippen LogP contribution in [-0.4, -0.2) is 31.4 Å². The van der Waals surface area contributed by atoms with E-state index in [1.807, 2.05) is 26.0 Å². The molecule has 0 spiro atoms. The van der Waals surface area contributed by atoms with Crippen molar-refractivity contribution in [3.8, 4) is 0 Å². The highest BCUT2D eigenvalue weighted by atomic mass is 32.2. The third-order valence-corrected chi connectivity index (χ3v) is 6.93. The first-order chi connectivity index (χ1) is 10.5. The van der Waals surface area contributed by atoms with Crippen molar-refractivity contribution in [2.75, 3.05) is 6.61 Å². The van der Waals surface area contributed by atoms with Crippen LogP contribution in [0, 0.1) is 0 Å². The van der Waals surface area contributed by atoms with Gasteiger partial charge in [0, 0.05) is 12.1 Å². The quantitative estimate of drug-likeness (QED) is 0.809. The van der Waals surface area contributed by atoms with Gasteiger partial charge in [0.15, 0.2) is 9.84 Å². The summed E-state index contributed by atoms with van der Waals surface area (Å²) in [5.74, 6) is 0. The summed E-state index contributed by atoms with van der Waals surface area (Å²) in [4.78, 5) is 0.435. The van der Waals surface area contributed by atoms with Gasteiger partial charge in [-0.15, -0.1) is 0 Å². The summed E-state index contributed by atoms with van der Waals surface area (Å²) < 4.78 is 25.1. The van der Waals surface area contributed by atoms with Crippen molar-refractivity contribution in [1.29, 1.82) is 0 Å². The van der Waals surface area contributed by atoms with E-state index in [4.69, 9.17) is 0 Å². The lowest BCUT2D eigenvalue weighted by Gasteiger charge is -2.21. The first-order valence-electron chi connectivity index (χ1n) is 8.19. The molecule has 124 valence electrons. The third kappa shape index (κ3) is 3.89. The molecule has 0 amide bonds. The van der Waals surface area contributed by atoms with E-state index in [0.29, 0.717) is 4.90 Å². The molecular formula is C17H27NO3S. The Morgan fingerprint density at radius 2 is 1.82 bits per heavy atom. The largest absolute Gasteiger partial charge is 0.395 e. The number of rotatable bonds is 7. The van der Waals surface area contributed by atoms with E-state index < -0.39 is 9.84 Å². The van der Waals surface area contributed by atoms with E-state index in [9.17, 15) is 13.5 Å². The third-order valence-electron chi connectivity index (χ3n) is 4.65. The molecule has 1 saturated carbocycles. The maximum atomic E-state index is 12.5. The maximum absolute atomic E-state index is 12.5. The summed E-state index contributed by atoms with van der Waals surface area (Å²) in [6.07, 6.45) is 4.47. The van der Waals surface area contributed by atoms with Gasteiger partial charge in [-0.25, -0.2) is 8.42 Å². The van der Waals surface area contributed by atoms with Crippen molar-refractivity contribution in [3.05, 3.63) is 29.8 Å². The molecule has 22 heavy (non-hydrogen) atoms. The lowest BCUT2D eigenvalue weighted by atomic mass is 10.1. The minimum absolute atomic E-state index is 0.0666. The molecular weight excluding hydrogens is 298 g/mol. The molecule has 0 saturated heterocycles. The molecule has 4 nitrogen and oxygen atoms in total. The van der Waals surface area contributed by atoms with Crippen molar-refractivity contribution >= 4 is 9.84 Å². The molecule has 1 aliphatic rings. The summed E-state index contributed by atoms with van der Waals surface area (Å²) in [6.45, 7) is 4.16. The van der Waals surface area contributed by atoms with Crippen molar-refractivity contribution in [2.45, 2.75) is 68.2 Å². The Balaban J connectivity index is 2.09. The standard InChI is InChI=1S/C17H27NO3S/c1-3-15(12-19)18-13(2)14-8-10-17(11-9-14)22(20,21)16-6-4-5-7-16/h8-11,13,15-16,18-19H,3-7,12H2,1-2H3. The van der Waals surface area contributed by atoms with Gasteiger partial charge >= 0.3 is 0 Å². The van der Waals surface area contributed by atoms with Crippen LogP contribution in [0.3, 0.4) is 0 Å². The molecule has 1 aromatic carbocycles. The van der Waals surface area contributed by atoms with Gasteiger partial charge in [-0.05, 0) is 43.9 Å². The summed E-state index contributed by atoms with van der Waals surface area (Å²) in [6, 6.07) is 7.35. The average Bonchev–Trinajstić information content (AvgIpc) is 3.07. The normalized spacial score (nSPS) is 19.2. The fourth-order valence-electron chi connectivity index (χ4n) is 3.09. The predicted octanol–water partition coefficient (Wildman–Crippen LogP) is 2.82. The molecule has 0 aliphatic heterocycles. The second kappa shape index (κ2) is 7.57. The van der Waals surface area contributed by atoms with E-state index in [0.717, 1.165) is 37.7 Å². The van der Waals surface area contributed by atoms with Gasteiger partial charge in [0.1, 0.15) is 0 Å². The molecule has 1 fully saturated rings. The lowest BCUT2D eigenvalue weighted by Crippen LogP contribution is -2.33. The van der Waals surface area contributed by atoms with E-state index in [-0.39, 0.29) is 23.9 Å². The number of nitrogens with one attached hydrogen (secondary N) is 1. The zero-order valence-corrected chi connectivity index (χ0v) is 14.3. The highest BCUT2D eigenvalue weighted by molar-refractivity contribution is 7.92. The van der Waals surface area contributed by atoms with E-state index in [2.05, 4.69) is 5.32 Å². The van der Waals surface area contributed by atoms with Crippen LogP contribution in [0.5, 0.6) is 0 Å². The number of aliphatic hydroxyl groups excluding tert-OH is 1. The Morgan fingerprint density at radius 1 is 1.23 bits per heavy atom. The van der Waals surface area contributed by atoms with Gasteiger partial charge in [-0.2, -0.15) is 0 Å². The van der Waals surface area contributed by atoms with Crippen LogP contribution in [0.25, 0.3) is 0 Å². The Bertz CT molecular complexity index is 558. The summed E-state index contributed by atoms with van der Waals surface area (Å²) in [7, 11) is -3.17. The summed E-state index contributed by atoms with van der Waals surface area (Å²) >= 11 is 0. The van der Waals surface area contributed by atoms with Gasteiger partial charge in [0.2, 0.25) is 0 Å². The molecule has 2 atom stereocenters. The monoisotopic (exact) mass is 325 g/mol. The second-order valence-electron chi connectivity index (χ2n) is 6.20. The van der Waals surface area contributed by atoms with Crippen molar-refractivity contribution in [1.82, 2.24) is 5.32 Å². The minimum atomic E-state index is -3.17. The molecule has 2 unspecified atom stereocenters. The van der Waals surface area contributed by atoms with Gasteiger partial charge in [0.05, 0.1) is 16.8 Å². The molecule has 5 heteroatoms. The van der Waals surface area contributed by atoms with Gasteiger partial charge in [0.25, 0.3) is 0 Å². The topological polar surface area (TPSA) is 66.4 Å². The minimum Gasteiger partial charge on any atom is -0.395 e. The highest BCUT2D eigenvalue weighted by Crippen LogP contribution is 2.30. The highest BCUT2D eigenvalue weighted by Gasteiger charge is 2.30. The average molecular weight is 325 g/mol.